The topological polar surface area (TPSA) is 137 Å². The summed E-state index contributed by atoms with van der Waals surface area (Å²) >= 11 is 0. The molecule has 0 aliphatic rings. The summed E-state index contributed by atoms with van der Waals surface area (Å²) in [5.41, 5.74) is 7.02. The van der Waals surface area contributed by atoms with E-state index in [2.05, 4.69) is 11.2 Å². The SMILES string of the molecule is Cc1nn(-c2ccccc2)c(COC(=O)c2ccc(N)c([N+](=O)[O-])c2)c1C#N. The van der Waals surface area contributed by atoms with E-state index < -0.39 is 10.9 Å². The fourth-order valence-electron chi connectivity index (χ4n) is 2.68. The molecular formula is C19H15N5O4. The molecule has 0 unspecified atom stereocenters. The monoisotopic (exact) mass is 377 g/mol. The molecule has 0 bridgehead atoms. The van der Waals surface area contributed by atoms with Crippen molar-refractivity contribution in [3.8, 4) is 11.8 Å². The molecule has 0 radical (unpaired) electrons. The third-order valence-electron chi connectivity index (χ3n) is 4.07. The molecule has 0 atom stereocenters. The number of para-hydroxylation sites is 1. The molecule has 0 aliphatic carbocycles. The number of nitrogen functional groups attached to an aromatic ring is 1. The second-order valence-corrected chi connectivity index (χ2v) is 5.87. The van der Waals surface area contributed by atoms with Crippen molar-refractivity contribution >= 4 is 17.3 Å². The number of nitrogens with two attached hydrogens (primary N) is 1. The van der Waals surface area contributed by atoms with Crippen molar-refractivity contribution in [2.45, 2.75) is 13.5 Å². The van der Waals surface area contributed by atoms with Gasteiger partial charge in [0.2, 0.25) is 0 Å². The molecule has 0 fully saturated rings. The Labute approximate surface area is 159 Å². The Bertz CT molecular complexity index is 1100. The van der Waals surface area contributed by atoms with Crippen LogP contribution in [0.5, 0.6) is 0 Å². The van der Waals surface area contributed by atoms with E-state index in [9.17, 15) is 20.2 Å². The number of carbonyl (C=O) groups is 1. The number of esters is 1. The molecule has 1 heterocycles. The molecule has 9 nitrogen and oxygen atoms in total. The number of anilines is 1. The standard InChI is InChI=1S/C19H15N5O4/c1-12-15(10-20)18(23(22-12)14-5-3-2-4-6-14)11-28-19(25)13-7-8-16(21)17(9-13)24(26)27/h2-9H,11,21H2,1H3. The maximum atomic E-state index is 12.4. The maximum absolute atomic E-state index is 12.4. The molecule has 9 heteroatoms. The Kier molecular flexibility index (Phi) is 5.04. The largest absolute Gasteiger partial charge is 0.456 e. The highest BCUT2D eigenvalue weighted by Crippen LogP contribution is 2.24. The van der Waals surface area contributed by atoms with Crippen LogP contribution in [0.3, 0.4) is 0 Å². The molecule has 2 aromatic carbocycles. The normalized spacial score (nSPS) is 10.3. The molecule has 28 heavy (non-hydrogen) atoms. The van der Waals surface area contributed by atoms with Gasteiger partial charge in [-0.1, -0.05) is 18.2 Å². The van der Waals surface area contributed by atoms with Gasteiger partial charge in [0.25, 0.3) is 5.69 Å². The quantitative estimate of drug-likeness (QED) is 0.312. The van der Waals surface area contributed by atoms with E-state index in [1.54, 1.807) is 6.92 Å². The van der Waals surface area contributed by atoms with Crippen LogP contribution in [-0.4, -0.2) is 20.7 Å². The summed E-state index contributed by atoms with van der Waals surface area (Å²) in [7, 11) is 0. The van der Waals surface area contributed by atoms with E-state index in [-0.39, 0.29) is 23.5 Å². The third kappa shape index (κ3) is 3.52. The van der Waals surface area contributed by atoms with Gasteiger partial charge in [-0.05, 0) is 31.2 Å². The zero-order chi connectivity index (χ0) is 20.3. The van der Waals surface area contributed by atoms with Gasteiger partial charge in [0, 0.05) is 6.07 Å². The second-order valence-electron chi connectivity index (χ2n) is 5.87. The van der Waals surface area contributed by atoms with E-state index in [1.807, 2.05) is 30.3 Å². The van der Waals surface area contributed by atoms with Gasteiger partial charge < -0.3 is 10.5 Å². The number of hydrogen-bond donors (Lipinski definition) is 1. The Hall–Kier alpha value is -4.19. The molecule has 2 N–H and O–H groups in total. The molecule has 0 amide bonds. The van der Waals surface area contributed by atoms with Crippen LogP contribution in [0.15, 0.2) is 48.5 Å². The molecule has 0 aliphatic heterocycles. The summed E-state index contributed by atoms with van der Waals surface area (Å²) < 4.78 is 6.83. The molecule has 0 saturated heterocycles. The van der Waals surface area contributed by atoms with Gasteiger partial charge in [0.15, 0.2) is 0 Å². The number of nitro groups is 1. The third-order valence-corrected chi connectivity index (χ3v) is 4.07. The van der Waals surface area contributed by atoms with E-state index in [1.165, 1.54) is 16.8 Å². The Morgan fingerprint density at radius 1 is 1.32 bits per heavy atom. The van der Waals surface area contributed by atoms with Gasteiger partial charge in [-0.15, -0.1) is 0 Å². The smallest absolute Gasteiger partial charge is 0.338 e. The van der Waals surface area contributed by atoms with Gasteiger partial charge in [0.05, 0.1) is 27.6 Å². The lowest BCUT2D eigenvalue weighted by molar-refractivity contribution is -0.383. The fraction of sp³-hybridized carbons (Fsp3) is 0.105. The lowest BCUT2D eigenvalue weighted by atomic mass is 10.1. The summed E-state index contributed by atoms with van der Waals surface area (Å²) in [6.45, 7) is 1.46. The number of benzene rings is 2. The van der Waals surface area contributed by atoms with Crippen molar-refractivity contribution < 1.29 is 14.5 Å². The van der Waals surface area contributed by atoms with E-state index in [0.717, 1.165) is 6.07 Å². The highest BCUT2D eigenvalue weighted by atomic mass is 16.6. The zero-order valence-electron chi connectivity index (χ0n) is 14.8. The van der Waals surface area contributed by atoms with Gasteiger partial charge in [-0.3, -0.25) is 10.1 Å². The van der Waals surface area contributed by atoms with Crippen molar-refractivity contribution in [1.82, 2.24) is 9.78 Å². The number of ether oxygens (including phenoxy) is 1. The number of nitro benzene ring substituents is 1. The molecule has 1 aromatic heterocycles. The summed E-state index contributed by atoms with van der Waals surface area (Å²) in [5, 5.41) is 24.8. The zero-order valence-corrected chi connectivity index (χ0v) is 14.8. The minimum Gasteiger partial charge on any atom is -0.456 e. The van der Waals surface area contributed by atoms with Crippen molar-refractivity contribution in [2.75, 3.05) is 5.73 Å². The minimum absolute atomic E-state index is 0.0121. The predicted molar refractivity (Wildman–Crippen MR) is 99.6 cm³/mol. The number of nitriles is 1. The van der Waals surface area contributed by atoms with Crippen molar-refractivity contribution in [1.29, 1.82) is 5.26 Å². The summed E-state index contributed by atoms with van der Waals surface area (Å²) in [6, 6.07) is 14.8. The van der Waals surface area contributed by atoms with E-state index in [0.29, 0.717) is 22.6 Å². The van der Waals surface area contributed by atoms with Gasteiger partial charge in [-0.25, -0.2) is 9.48 Å². The fourth-order valence-corrected chi connectivity index (χ4v) is 2.68. The highest BCUT2D eigenvalue weighted by Gasteiger charge is 2.20. The Morgan fingerprint density at radius 3 is 2.68 bits per heavy atom. The van der Waals surface area contributed by atoms with Gasteiger partial charge >= 0.3 is 5.97 Å². The first-order valence-corrected chi connectivity index (χ1v) is 8.17. The minimum atomic E-state index is -0.773. The van der Waals surface area contributed by atoms with Crippen molar-refractivity contribution in [2.24, 2.45) is 0 Å². The average molecular weight is 377 g/mol. The van der Waals surface area contributed by atoms with E-state index >= 15 is 0 Å². The number of carbonyl (C=O) groups excluding carboxylic acids is 1. The van der Waals surface area contributed by atoms with Crippen LogP contribution < -0.4 is 5.73 Å². The van der Waals surface area contributed by atoms with Crippen LogP contribution in [0.4, 0.5) is 11.4 Å². The lowest BCUT2D eigenvalue weighted by Gasteiger charge is -2.09. The molecule has 0 saturated carbocycles. The number of aromatic nitrogens is 2. The molecule has 0 spiro atoms. The first-order valence-electron chi connectivity index (χ1n) is 8.17. The van der Waals surface area contributed by atoms with Crippen LogP contribution in [0, 0.1) is 28.4 Å². The second kappa shape index (κ2) is 7.59. The summed E-state index contributed by atoms with van der Waals surface area (Å²) in [6.07, 6.45) is 0. The maximum Gasteiger partial charge on any atom is 0.338 e. The van der Waals surface area contributed by atoms with E-state index in [4.69, 9.17) is 10.5 Å². The van der Waals surface area contributed by atoms with Crippen LogP contribution in [0.2, 0.25) is 0 Å². The van der Waals surface area contributed by atoms with Crippen LogP contribution in [0.1, 0.15) is 27.3 Å². The predicted octanol–water partition coefficient (Wildman–Crippen LogP) is 2.90. The molecule has 3 rings (SSSR count). The van der Waals surface area contributed by atoms with Crippen LogP contribution in [-0.2, 0) is 11.3 Å². The molecular weight excluding hydrogens is 362 g/mol. The first-order chi connectivity index (χ1) is 13.4. The molecule has 3 aromatic rings. The Morgan fingerprint density at radius 2 is 2.04 bits per heavy atom. The average Bonchev–Trinajstić information content (AvgIpc) is 3.02. The summed E-state index contributed by atoms with van der Waals surface area (Å²) in [5.74, 6) is -0.773. The lowest BCUT2D eigenvalue weighted by Crippen LogP contribution is -2.10. The van der Waals surface area contributed by atoms with Crippen molar-refractivity contribution in [3.63, 3.8) is 0 Å². The van der Waals surface area contributed by atoms with Crippen LogP contribution >= 0.6 is 0 Å². The first kappa shape index (κ1) is 18.6. The number of hydrogen-bond acceptors (Lipinski definition) is 7. The van der Waals surface area contributed by atoms with Crippen LogP contribution in [0.25, 0.3) is 5.69 Å². The summed E-state index contributed by atoms with van der Waals surface area (Å²) in [4.78, 5) is 22.7. The molecule has 140 valence electrons. The van der Waals surface area contributed by atoms with Crippen molar-refractivity contribution in [3.05, 3.63) is 81.2 Å². The van der Waals surface area contributed by atoms with Gasteiger partial charge in [-0.2, -0.15) is 10.4 Å². The number of nitrogens with zero attached hydrogens (tertiary/aromatic N) is 4. The number of rotatable bonds is 5. The number of aryl methyl sites for hydroxylation is 1. The van der Waals surface area contributed by atoms with Gasteiger partial charge in [0.1, 0.15) is 23.9 Å². The Balaban J connectivity index is 1.89. The highest BCUT2D eigenvalue weighted by molar-refractivity contribution is 5.91.